The number of hydrogen-bond acceptors (Lipinski definition) is 4. The summed E-state index contributed by atoms with van der Waals surface area (Å²) in [6, 6.07) is 7.51. The van der Waals surface area contributed by atoms with Gasteiger partial charge in [-0.25, -0.2) is 4.79 Å². The zero-order chi connectivity index (χ0) is 14.1. The van der Waals surface area contributed by atoms with Crippen molar-refractivity contribution in [1.29, 1.82) is 0 Å². The Kier molecular flexibility index (Phi) is 3.15. The van der Waals surface area contributed by atoms with Crippen molar-refractivity contribution >= 4 is 28.6 Å². The van der Waals surface area contributed by atoms with Crippen LogP contribution in [0.3, 0.4) is 0 Å². The molecule has 5 nitrogen and oxygen atoms in total. The fraction of sp³-hybridized carbons (Fsp3) is 0.0714. The maximum absolute atomic E-state index is 11.4. The van der Waals surface area contributed by atoms with E-state index in [2.05, 4.69) is 10.1 Å². The van der Waals surface area contributed by atoms with E-state index in [4.69, 9.17) is 0 Å². The van der Waals surface area contributed by atoms with E-state index in [0.717, 1.165) is 15.8 Å². The predicted molar refractivity (Wildman–Crippen MR) is 76.0 cm³/mol. The average Bonchev–Trinajstić information content (AvgIpc) is 2.84. The van der Waals surface area contributed by atoms with Crippen LogP contribution in [0.5, 0.6) is 0 Å². The van der Waals surface area contributed by atoms with E-state index >= 15 is 0 Å². The summed E-state index contributed by atoms with van der Waals surface area (Å²) in [7, 11) is 1.83. The number of hydrogen-bond donors (Lipinski definition) is 1. The first-order valence-electron chi connectivity index (χ1n) is 5.92. The van der Waals surface area contributed by atoms with E-state index in [1.165, 1.54) is 18.0 Å². The largest absolute Gasteiger partial charge is 0.478 e. The van der Waals surface area contributed by atoms with Crippen molar-refractivity contribution in [3.05, 3.63) is 48.4 Å². The molecule has 0 bridgehead atoms. The highest BCUT2D eigenvalue weighted by Gasteiger charge is 2.16. The van der Waals surface area contributed by atoms with Crippen LogP contribution in [0.2, 0.25) is 0 Å². The van der Waals surface area contributed by atoms with Gasteiger partial charge >= 0.3 is 5.97 Å². The number of benzene rings is 1. The summed E-state index contributed by atoms with van der Waals surface area (Å²) in [6.45, 7) is 0. The van der Waals surface area contributed by atoms with Crippen molar-refractivity contribution < 1.29 is 9.90 Å². The lowest BCUT2D eigenvalue weighted by Gasteiger charge is -2.08. The molecule has 0 radical (unpaired) electrons. The van der Waals surface area contributed by atoms with Crippen molar-refractivity contribution in [2.45, 2.75) is 9.79 Å². The van der Waals surface area contributed by atoms with E-state index in [1.807, 2.05) is 37.5 Å². The van der Waals surface area contributed by atoms with E-state index in [-0.39, 0.29) is 5.56 Å². The molecule has 1 aromatic carbocycles. The number of aromatic carboxylic acids is 1. The topological polar surface area (TPSA) is 68.0 Å². The summed E-state index contributed by atoms with van der Waals surface area (Å²) in [5.41, 5.74) is 0.987. The Balaban J connectivity index is 2.19. The summed E-state index contributed by atoms with van der Waals surface area (Å²) < 4.78 is 1.69. The number of nitrogens with zero attached hydrogens (tertiary/aromatic N) is 3. The Morgan fingerprint density at radius 3 is 2.80 bits per heavy atom. The molecule has 0 aliphatic heterocycles. The summed E-state index contributed by atoms with van der Waals surface area (Å²) in [5, 5.41) is 14.3. The number of para-hydroxylation sites is 1. The second-order valence-electron chi connectivity index (χ2n) is 4.28. The van der Waals surface area contributed by atoms with Crippen LogP contribution in [-0.4, -0.2) is 25.8 Å². The van der Waals surface area contributed by atoms with Gasteiger partial charge in [0, 0.05) is 29.7 Å². The molecule has 0 fully saturated rings. The van der Waals surface area contributed by atoms with Gasteiger partial charge in [0.25, 0.3) is 0 Å². The maximum atomic E-state index is 11.4. The van der Waals surface area contributed by atoms with Crippen molar-refractivity contribution in [2.24, 2.45) is 7.05 Å². The van der Waals surface area contributed by atoms with Crippen LogP contribution in [0.15, 0.2) is 52.6 Å². The molecule has 0 spiro atoms. The van der Waals surface area contributed by atoms with Gasteiger partial charge in [0.05, 0.1) is 22.2 Å². The number of aromatic nitrogens is 3. The molecule has 2 aromatic heterocycles. The van der Waals surface area contributed by atoms with Gasteiger partial charge in [-0.2, -0.15) is 5.10 Å². The lowest BCUT2D eigenvalue weighted by Crippen LogP contribution is -2.00. The maximum Gasteiger partial charge on any atom is 0.338 e. The second-order valence-corrected chi connectivity index (χ2v) is 5.36. The first kappa shape index (κ1) is 12.7. The summed E-state index contributed by atoms with van der Waals surface area (Å²) in [5.74, 6) is -0.977. The molecule has 6 heteroatoms. The van der Waals surface area contributed by atoms with Gasteiger partial charge in [-0.3, -0.25) is 9.67 Å². The van der Waals surface area contributed by atoms with Crippen LogP contribution in [0.4, 0.5) is 0 Å². The zero-order valence-electron chi connectivity index (χ0n) is 10.6. The summed E-state index contributed by atoms with van der Waals surface area (Å²) >= 11 is 1.39. The van der Waals surface area contributed by atoms with E-state index in [9.17, 15) is 9.90 Å². The molecular weight excluding hydrogens is 274 g/mol. The highest BCUT2D eigenvalue weighted by molar-refractivity contribution is 7.99. The number of carboxylic acids is 1. The van der Waals surface area contributed by atoms with E-state index in [0.29, 0.717) is 4.90 Å². The Labute approximate surface area is 119 Å². The number of rotatable bonds is 3. The number of carbonyl (C=O) groups is 1. The lowest BCUT2D eigenvalue weighted by atomic mass is 10.1. The summed E-state index contributed by atoms with van der Waals surface area (Å²) in [4.78, 5) is 17.2. The fourth-order valence-electron chi connectivity index (χ4n) is 1.95. The van der Waals surface area contributed by atoms with Crippen LogP contribution in [0.25, 0.3) is 10.9 Å². The van der Waals surface area contributed by atoms with Crippen LogP contribution < -0.4 is 0 Å². The van der Waals surface area contributed by atoms with Gasteiger partial charge in [-0.05, 0) is 6.07 Å². The van der Waals surface area contributed by atoms with Gasteiger partial charge < -0.3 is 5.11 Å². The number of pyridine rings is 1. The minimum atomic E-state index is -0.977. The van der Waals surface area contributed by atoms with Crippen molar-refractivity contribution in [3.63, 3.8) is 0 Å². The van der Waals surface area contributed by atoms with Crippen LogP contribution in [-0.2, 0) is 7.05 Å². The third-order valence-corrected chi connectivity index (χ3v) is 3.95. The lowest BCUT2D eigenvalue weighted by molar-refractivity contribution is 0.0693. The molecule has 0 amide bonds. The molecule has 0 unspecified atom stereocenters. The average molecular weight is 285 g/mol. The standard InChI is InChI=1S/C14H11N3O2S/c1-17-8-9(6-16-17)20-13-10-4-2-3-5-12(10)15-7-11(13)14(18)19/h2-8H,1H3,(H,18,19). The zero-order valence-corrected chi connectivity index (χ0v) is 11.5. The van der Waals surface area contributed by atoms with Gasteiger partial charge in [-0.1, -0.05) is 30.0 Å². The van der Waals surface area contributed by atoms with E-state index < -0.39 is 5.97 Å². The summed E-state index contributed by atoms with van der Waals surface area (Å²) in [6.07, 6.45) is 4.97. The molecule has 1 N–H and O–H groups in total. The highest BCUT2D eigenvalue weighted by atomic mass is 32.2. The Morgan fingerprint density at radius 1 is 1.30 bits per heavy atom. The minimum Gasteiger partial charge on any atom is -0.478 e. The molecule has 0 saturated carbocycles. The predicted octanol–water partition coefficient (Wildman–Crippen LogP) is 2.82. The van der Waals surface area contributed by atoms with E-state index in [1.54, 1.807) is 10.9 Å². The fourth-order valence-corrected chi connectivity index (χ4v) is 3.02. The molecule has 0 aliphatic carbocycles. The molecule has 0 saturated heterocycles. The minimum absolute atomic E-state index is 0.206. The van der Waals surface area contributed by atoms with Gasteiger partial charge in [-0.15, -0.1) is 0 Å². The molecular formula is C14H11N3O2S. The highest BCUT2D eigenvalue weighted by Crippen LogP contribution is 2.35. The molecule has 3 rings (SSSR count). The Bertz CT molecular complexity index is 798. The smallest absolute Gasteiger partial charge is 0.338 e. The van der Waals surface area contributed by atoms with Gasteiger partial charge in [0.15, 0.2) is 0 Å². The first-order valence-corrected chi connectivity index (χ1v) is 6.74. The third-order valence-electron chi connectivity index (χ3n) is 2.86. The normalized spacial score (nSPS) is 10.8. The van der Waals surface area contributed by atoms with Crippen LogP contribution >= 0.6 is 11.8 Å². The molecule has 0 aliphatic rings. The van der Waals surface area contributed by atoms with Crippen LogP contribution in [0, 0.1) is 0 Å². The molecule has 3 aromatic rings. The molecule has 20 heavy (non-hydrogen) atoms. The second kappa shape index (κ2) is 4.97. The van der Waals surface area contributed by atoms with Gasteiger partial charge in [0.2, 0.25) is 0 Å². The quantitative estimate of drug-likeness (QED) is 0.801. The first-order chi connectivity index (χ1) is 9.65. The number of carboxylic acid groups (broad SMARTS) is 1. The Morgan fingerprint density at radius 2 is 2.10 bits per heavy atom. The third kappa shape index (κ3) is 2.25. The molecule has 0 atom stereocenters. The SMILES string of the molecule is Cn1cc(Sc2c(C(=O)O)cnc3ccccc23)cn1. The van der Waals surface area contributed by atoms with Crippen molar-refractivity contribution in [3.8, 4) is 0 Å². The number of aryl methyl sites for hydroxylation is 1. The monoisotopic (exact) mass is 285 g/mol. The van der Waals surface area contributed by atoms with Crippen molar-refractivity contribution in [1.82, 2.24) is 14.8 Å². The van der Waals surface area contributed by atoms with Gasteiger partial charge in [0.1, 0.15) is 0 Å². The number of fused-ring (bicyclic) bond motifs is 1. The molecule has 100 valence electrons. The molecule has 2 heterocycles. The van der Waals surface area contributed by atoms with Crippen molar-refractivity contribution in [2.75, 3.05) is 0 Å². The Hall–Kier alpha value is -2.34. The van der Waals surface area contributed by atoms with Crippen LogP contribution in [0.1, 0.15) is 10.4 Å².